The van der Waals surface area contributed by atoms with E-state index in [-0.39, 0.29) is 0 Å². The van der Waals surface area contributed by atoms with Gasteiger partial charge in [0, 0.05) is 12.6 Å². The Kier molecular flexibility index (Phi) is 6.26. The minimum atomic E-state index is 0.549. The Morgan fingerprint density at radius 3 is 2.80 bits per heavy atom. The zero-order valence-electron chi connectivity index (χ0n) is 10.6. The van der Waals surface area contributed by atoms with Crippen molar-refractivity contribution in [2.24, 2.45) is 5.92 Å². The van der Waals surface area contributed by atoms with Crippen molar-refractivity contribution >= 4 is 0 Å². The fourth-order valence-electron chi connectivity index (χ4n) is 2.24. The average Bonchev–Trinajstić information content (AvgIpc) is 2.17. The van der Waals surface area contributed by atoms with Crippen LogP contribution in [0.4, 0.5) is 0 Å². The van der Waals surface area contributed by atoms with Gasteiger partial charge in [-0.1, -0.05) is 33.6 Å². The van der Waals surface area contributed by atoms with E-state index in [4.69, 9.17) is 4.74 Å². The highest BCUT2D eigenvalue weighted by Gasteiger charge is 2.18. The Hall–Kier alpha value is -0.0800. The molecule has 0 amide bonds. The van der Waals surface area contributed by atoms with Crippen molar-refractivity contribution < 1.29 is 4.74 Å². The van der Waals surface area contributed by atoms with Crippen molar-refractivity contribution in [3.8, 4) is 0 Å². The zero-order valence-corrected chi connectivity index (χ0v) is 10.6. The normalized spacial score (nSPS) is 27.2. The van der Waals surface area contributed by atoms with E-state index in [0.717, 1.165) is 25.5 Å². The number of hydrogen-bond donors (Lipinski definition) is 1. The highest BCUT2D eigenvalue weighted by Crippen LogP contribution is 2.25. The van der Waals surface area contributed by atoms with Crippen LogP contribution in [0.5, 0.6) is 0 Å². The molecule has 0 aliphatic heterocycles. The lowest BCUT2D eigenvalue weighted by atomic mass is 9.89. The summed E-state index contributed by atoms with van der Waals surface area (Å²) in [6.45, 7) is 8.72. The molecule has 1 fully saturated rings. The molecule has 1 saturated carbocycles. The van der Waals surface area contributed by atoms with Gasteiger partial charge in [-0.25, -0.2) is 0 Å². The molecule has 2 atom stereocenters. The lowest BCUT2D eigenvalue weighted by molar-refractivity contribution is 0.0145. The van der Waals surface area contributed by atoms with E-state index in [0.29, 0.717) is 12.1 Å². The van der Waals surface area contributed by atoms with Crippen LogP contribution in [0.15, 0.2) is 0 Å². The molecule has 0 saturated heterocycles. The van der Waals surface area contributed by atoms with E-state index in [2.05, 4.69) is 26.1 Å². The summed E-state index contributed by atoms with van der Waals surface area (Å²) in [5.74, 6) is 0.873. The molecule has 0 bridgehead atoms. The van der Waals surface area contributed by atoms with Crippen molar-refractivity contribution in [2.75, 3.05) is 13.2 Å². The standard InChI is InChI=1S/C13H27NO/c1-11(2)14-8-5-9-15-13-7-4-6-12(3)10-13/h11-14H,4-10H2,1-3H3. The van der Waals surface area contributed by atoms with Crippen molar-refractivity contribution in [1.82, 2.24) is 5.32 Å². The SMILES string of the molecule is CC1CCCC(OCCCNC(C)C)C1. The van der Waals surface area contributed by atoms with Gasteiger partial charge in [-0.05, 0) is 31.7 Å². The third-order valence-electron chi connectivity index (χ3n) is 3.12. The van der Waals surface area contributed by atoms with Gasteiger partial charge in [-0.3, -0.25) is 0 Å². The van der Waals surface area contributed by atoms with Crippen molar-refractivity contribution in [1.29, 1.82) is 0 Å². The monoisotopic (exact) mass is 213 g/mol. The Bertz CT molecular complexity index is 159. The number of hydrogen-bond acceptors (Lipinski definition) is 2. The average molecular weight is 213 g/mol. The third kappa shape index (κ3) is 6.16. The van der Waals surface area contributed by atoms with E-state index in [1.54, 1.807) is 0 Å². The van der Waals surface area contributed by atoms with Gasteiger partial charge >= 0.3 is 0 Å². The van der Waals surface area contributed by atoms with Crippen LogP contribution in [-0.2, 0) is 4.74 Å². The Morgan fingerprint density at radius 2 is 2.13 bits per heavy atom. The van der Waals surface area contributed by atoms with Gasteiger partial charge in [0.1, 0.15) is 0 Å². The highest BCUT2D eigenvalue weighted by atomic mass is 16.5. The van der Waals surface area contributed by atoms with E-state index < -0.39 is 0 Å². The maximum atomic E-state index is 5.90. The second kappa shape index (κ2) is 7.24. The molecule has 15 heavy (non-hydrogen) atoms. The fourth-order valence-corrected chi connectivity index (χ4v) is 2.24. The number of nitrogens with one attached hydrogen (secondary N) is 1. The molecule has 1 aliphatic rings. The van der Waals surface area contributed by atoms with Crippen molar-refractivity contribution in [2.45, 2.75) is 65.0 Å². The van der Waals surface area contributed by atoms with Gasteiger partial charge in [-0.2, -0.15) is 0 Å². The Balaban J connectivity index is 1.95. The molecule has 0 radical (unpaired) electrons. The van der Waals surface area contributed by atoms with Gasteiger partial charge in [0.2, 0.25) is 0 Å². The molecular weight excluding hydrogens is 186 g/mol. The number of rotatable bonds is 6. The summed E-state index contributed by atoms with van der Waals surface area (Å²) < 4.78 is 5.90. The van der Waals surface area contributed by atoms with Crippen LogP contribution in [0.25, 0.3) is 0 Å². The zero-order chi connectivity index (χ0) is 11.1. The first kappa shape index (κ1) is 13.0. The minimum absolute atomic E-state index is 0.549. The van der Waals surface area contributed by atoms with Crippen LogP contribution in [0.1, 0.15) is 52.9 Å². The van der Waals surface area contributed by atoms with Crippen molar-refractivity contribution in [3.05, 3.63) is 0 Å². The Labute approximate surface area is 94.8 Å². The first-order valence-electron chi connectivity index (χ1n) is 6.53. The van der Waals surface area contributed by atoms with Gasteiger partial charge in [0.25, 0.3) is 0 Å². The molecule has 0 aromatic heterocycles. The number of ether oxygens (including phenoxy) is 1. The first-order chi connectivity index (χ1) is 7.18. The summed E-state index contributed by atoms with van der Waals surface area (Å²) >= 11 is 0. The summed E-state index contributed by atoms with van der Waals surface area (Å²) in [6.07, 6.45) is 7.00. The predicted octanol–water partition coefficient (Wildman–Crippen LogP) is 2.97. The van der Waals surface area contributed by atoms with E-state index in [1.807, 2.05) is 0 Å². The minimum Gasteiger partial charge on any atom is -0.378 e. The molecule has 2 heteroatoms. The van der Waals surface area contributed by atoms with Gasteiger partial charge in [0.05, 0.1) is 6.10 Å². The van der Waals surface area contributed by atoms with Crippen LogP contribution >= 0.6 is 0 Å². The summed E-state index contributed by atoms with van der Waals surface area (Å²) in [5.41, 5.74) is 0. The second-order valence-corrected chi connectivity index (χ2v) is 5.23. The van der Waals surface area contributed by atoms with Crippen LogP contribution in [-0.4, -0.2) is 25.3 Å². The van der Waals surface area contributed by atoms with E-state index >= 15 is 0 Å². The maximum absolute atomic E-state index is 5.90. The molecule has 0 heterocycles. The fraction of sp³-hybridized carbons (Fsp3) is 1.00. The summed E-state index contributed by atoms with van der Waals surface area (Å²) in [6, 6.07) is 0.597. The maximum Gasteiger partial charge on any atom is 0.0577 e. The highest BCUT2D eigenvalue weighted by molar-refractivity contribution is 4.70. The lowest BCUT2D eigenvalue weighted by Gasteiger charge is -2.26. The summed E-state index contributed by atoms with van der Waals surface area (Å²) in [7, 11) is 0. The van der Waals surface area contributed by atoms with Crippen LogP contribution < -0.4 is 5.32 Å². The molecule has 0 spiro atoms. The predicted molar refractivity (Wildman–Crippen MR) is 65.1 cm³/mol. The topological polar surface area (TPSA) is 21.3 Å². The molecular formula is C13H27NO. The second-order valence-electron chi connectivity index (χ2n) is 5.23. The van der Waals surface area contributed by atoms with Crippen LogP contribution in [0.3, 0.4) is 0 Å². The summed E-state index contributed by atoms with van der Waals surface area (Å²) in [5, 5.41) is 3.41. The van der Waals surface area contributed by atoms with Crippen molar-refractivity contribution in [3.63, 3.8) is 0 Å². The first-order valence-corrected chi connectivity index (χ1v) is 6.53. The molecule has 2 nitrogen and oxygen atoms in total. The molecule has 2 unspecified atom stereocenters. The van der Waals surface area contributed by atoms with Gasteiger partial charge < -0.3 is 10.1 Å². The van der Waals surface area contributed by atoms with E-state index in [1.165, 1.54) is 25.7 Å². The molecule has 0 aromatic rings. The Morgan fingerprint density at radius 1 is 1.33 bits per heavy atom. The van der Waals surface area contributed by atoms with E-state index in [9.17, 15) is 0 Å². The van der Waals surface area contributed by atoms with Crippen LogP contribution in [0, 0.1) is 5.92 Å². The quantitative estimate of drug-likeness (QED) is 0.685. The molecule has 1 N–H and O–H groups in total. The summed E-state index contributed by atoms with van der Waals surface area (Å²) in [4.78, 5) is 0. The lowest BCUT2D eigenvalue weighted by Crippen LogP contribution is -2.26. The van der Waals surface area contributed by atoms with Gasteiger partial charge in [-0.15, -0.1) is 0 Å². The molecule has 1 rings (SSSR count). The van der Waals surface area contributed by atoms with Gasteiger partial charge in [0.15, 0.2) is 0 Å². The van der Waals surface area contributed by atoms with Crippen LogP contribution in [0.2, 0.25) is 0 Å². The smallest absolute Gasteiger partial charge is 0.0577 e. The molecule has 0 aromatic carbocycles. The molecule has 90 valence electrons. The third-order valence-corrected chi connectivity index (χ3v) is 3.12. The molecule has 1 aliphatic carbocycles. The largest absolute Gasteiger partial charge is 0.378 e.